The molecule has 0 saturated carbocycles. The number of aryl methyl sites for hydroxylation is 2. The molecule has 0 spiro atoms. The molecule has 0 radical (unpaired) electrons. The smallest absolute Gasteiger partial charge is 0.161 e. The number of hydrogen-bond acceptors (Lipinski definition) is 3. The third-order valence-corrected chi connectivity index (χ3v) is 4.37. The number of hydrogen-bond donors (Lipinski definition) is 1. The average molecular weight is 347 g/mol. The first-order valence-electron chi connectivity index (χ1n) is 8.80. The maximum atomic E-state index is 5.95. The SMILES string of the molecule is COc1cc(CNc2ccccc2C)ccc1OCc1ccc(C)cc1. The molecule has 26 heavy (non-hydrogen) atoms. The van der Waals surface area contributed by atoms with Gasteiger partial charge in [0, 0.05) is 12.2 Å². The van der Waals surface area contributed by atoms with Gasteiger partial charge in [0.1, 0.15) is 6.61 Å². The van der Waals surface area contributed by atoms with Gasteiger partial charge in [0.25, 0.3) is 0 Å². The lowest BCUT2D eigenvalue weighted by molar-refractivity contribution is 0.284. The van der Waals surface area contributed by atoms with Crippen LogP contribution in [0.25, 0.3) is 0 Å². The van der Waals surface area contributed by atoms with E-state index in [4.69, 9.17) is 9.47 Å². The Morgan fingerprint density at radius 1 is 0.808 bits per heavy atom. The van der Waals surface area contributed by atoms with E-state index in [9.17, 15) is 0 Å². The van der Waals surface area contributed by atoms with Crippen LogP contribution >= 0.6 is 0 Å². The fourth-order valence-electron chi connectivity index (χ4n) is 2.76. The van der Waals surface area contributed by atoms with E-state index >= 15 is 0 Å². The Balaban J connectivity index is 1.65. The molecule has 0 amide bonds. The van der Waals surface area contributed by atoms with Crippen molar-refractivity contribution in [2.24, 2.45) is 0 Å². The summed E-state index contributed by atoms with van der Waals surface area (Å²) in [5.74, 6) is 1.51. The fourth-order valence-corrected chi connectivity index (χ4v) is 2.76. The quantitative estimate of drug-likeness (QED) is 0.612. The van der Waals surface area contributed by atoms with Crippen molar-refractivity contribution in [1.29, 1.82) is 0 Å². The Morgan fingerprint density at radius 3 is 2.27 bits per heavy atom. The van der Waals surface area contributed by atoms with Gasteiger partial charge in [0.2, 0.25) is 0 Å². The summed E-state index contributed by atoms with van der Waals surface area (Å²) in [7, 11) is 1.67. The first-order chi connectivity index (χ1) is 12.7. The molecule has 0 fully saturated rings. The topological polar surface area (TPSA) is 30.5 Å². The van der Waals surface area contributed by atoms with Gasteiger partial charge in [-0.15, -0.1) is 0 Å². The third-order valence-electron chi connectivity index (χ3n) is 4.37. The molecular weight excluding hydrogens is 322 g/mol. The molecular formula is C23H25NO2. The lowest BCUT2D eigenvalue weighted by atomic mass is 10.1. The molecule has 3 aromatic carbocycles. The molecule has 3 heteroatoms. The predicted molar refractivity (Wildman–Crippen MR) is 107 cm³/mol. The molecule has 3 rings (SSSR count). The van der Waals surface area contributed by atoms with E-state index in [0.717, 1.165) is 34.9 Å². The second-order valence-corrected chi connectivity index (χ2v) is 6.43. The fraction of sp³-hybridized carbons (Fsp3) is 0.217. The zero-order chi connectivity index (χ0) is 18.4. The van der Waals surface area contributed by atoms with E-state index in [1.165, 1.54) is 11.1 Å². The molecule has 0 bridgehead atoms. The first-order valence-corrected chi connectivity index (χ1v) is 8.80. The van der Waals surface area contributed by atoms with E-state index in [-0.39, 0.29) is 0 Å². The molecule has 0 saturated heterocycles. The lowest BCUT2D eigenvalue weighted by Gasteiger charge is -2.14. The number of rotatable bonds is 7. The molecule has 0 aliphatic rings. The standard InChI is InChI=1S/C23H25NO2/c1-17-8-10-19(11-9-17)16-26-22-13-12-20(14-23(22)25-3)15-24-21-7-5-4-6-18(21)2/h4-14,24H,15-16H2,1-3H3. The highest BCUT2D eigenvalue weighted by Gasteiger charge is 2.07. The van der Waals surface area contributed by atoms with Crippen molar-refractivity contribution in [1.82, 2.24) is 0 Å². The summed E-state index contributed by atoms with van der Waals surface area (Å²) < 4.78 is 11.5. The molecule has 134 valence electrons. The largest absolute Gasteiger partial charge is 0.493 e. The Bertz CT molecular complexity index is 856. The maximum Gasteiger partial charge on any atom is 0.161 e. The van der Waals surface area contributed by atoms with Gasteiger partial charge in [-0.3, -0.25) is 0 Å². The van der Waals surface area contributed by atoms with E-state index in [2.05, 4.69) is 61.6 Å². The van der Waals surface area contributed by atoms with E-state index < -0.39 is 0 Å². The first kappa shape index (κ1) is 17.9. The van der Waals surface area contributed by atoms with Gasteiger partial charge in [0.15, 0.2) is 11.5 Å². The van der Waals surface area contributed by atoms with Crippen molar-refractivity contribution in [3.8, 4) is 11.5 Å². The summed E-state index contributed by atoms with van der Waals surface area (Å²) in [5, 5.41) is 3.47. The molecule has 0 atom stereocenters. The highest BCUT2D eigenvalue weighted by molar-refractivity contribution is 5.51. The minimum Gasteiger partial charge on any atom is -0.493 e. The molecule has 3 aromatic rings. The normalized spacial score (nSPS) is 10.4. The number of anilines is 1. The van der Waals surface area contributed by atoms with Crippen molar-refractivity contribution in [3.63, 3.8) is 0 Å². The van der Waals surface area contributed by atoms with Crippen LogP contribution in [0.2, 0.25) is 0 Å². The Hall–Kier alpha value is -2.94. The second-order valence-electron chi connectivity index (χ2n) is 6.43. The van der Waals surface area contributed by atoms with Crippen LogP contribution in [0.1, 0.15) is 22.3 Å². The van der Waals surface area contributed by atoms with E-state index in [1.54, 1.807) is 7.11 Å². The number of methoxy groups -OCH3 is 1. The summed E-state index contributed by atoms with van der Waals surface area (Å²) in [4.78, 5) is 0. The van der Waals surface area contributed by atoms with Crippen molar-refractivity contribution in [2.45, 2.75) is 27.0 Å². The van der Waals surface area contributed by atoms with Crippen LogP contribution in [0.4, 0.5) is 5.69 Å². The zero-order valence-electron chi connectivity index (χ0n) is 15.6. The summed E-state index contributed by atoms with van der Waals surface area (Å²) in [6, 6.07) is 22.7. The lowest BCUT2D eigenvalue weighted by Crippen LogP contribution is -2.02. The number of para-hydroxylation sites is 1. The van der Waals surface area contributed by atoms with Gasteiger partial charge in [-0.05, 0) is 48.7 Å². The Morgan fingerprint density at radius 2 is 1.54 bits per heavy atom. The molecule has 1 N–H and O–H groups in total. The van der Waals surface area contributed by atoms with Crippen molar-refractivity contribution < 1.29 is 9.47 Å². The van der Waals surface area contributed by atoms with Crippen molar-refractivity contribution >= 4 is 5.69 Å². The summed E-state index contributed by atoms with van der Waals surface area (Å²) in [6.07, 6.45) is 0. The molecule has 3 nitrogen and oxygen atoms in total. The maximum absolute atomic E-state index is 5.95. The van der Waals surface area contributed by atoms with Crippen LogP contribution in [-0.2, 0) is 13.2 Å². The van der Waals surface area contributed by atoms with Crippen LogP contribution in [0, 0.1) is 13.8 Å². The molecule has 0 unspecified atom stereocenters. The summed E-state index contributed by atoms with van der Waals surface area (Å²) >= 11 is 0. The van der Waals surface area contributed by atoms with Crippen LogP contribution in [-0.4, -0.2) is 7.11 Å². The molecule has 0 aliphatic heterocycles. The monoisotopic (exact) mass is 347 g/mol. The number of ether oxygens (including phenoxy) is 2. The van der Waals surface area contributed by atoms with Crippen LogP contribution in [0.3, 0.4) is 0 Å². The highest BCUT2D eigenvalue weighted by atomic mass is 16.5. The van der Waals surface area contributed by atoms with Crippen molar-refractivity contribution in [3.05, 3.63) is 89.0 Å². The van der Waals surface area contributed by atoms with E-state index in [1.807, 2.05) is 24.3 Å². The van der Waals surface area contributed by atoms with Gasteiger partial charge in [-0.2, -0.15) is 0 Å². The van der Waals surface area contributed by atoms with Gasteiger partial charge in [-0.1, -0.05) is 54.1 Å². The van der Waals surface area contributed by atoms with Crippen LogP contribution < -0.4 is 14.8 Å². The number of benzene rings is 3. The third kappa shape index (κ3) is 4.57. The second kappa shape index (κ2) is 8.43. The predicted octanol–water partition coefficient (Wildman–Crippen LogP) is 5.50. The van der Waals surface area contributed by atoms with Gasteiger partial charge in [0.05, 0.1) is 7.11 Å². The summed E-state index contributed by atoms with van der Waals surface area (Å²) in [5.41, 5.74) is 5.91. The number of nitrogens with one attached hydrogen (secondary N) is 1. The molecule has 0 aromatic heterocycles. The average Bonchev–Trinajstić information content (AvgIpc) is 2.67. The van der Waals surface area contributed by atoms with Gasteiger partial charge < -0.3 is 14.8 Å². The van der Waals surface area contributed by atoms with Gasteiger partial charge >= 0.3 is 0 Å². The van der Waals surface area contributed by atoms with Crippen molar-refractivity contribution in [2.75, 3.05) is 12.4 Å². The van der Waals surface area contributed by atoms with Crippen LogP contribution in [0.15, 0.2) is 66.7 Å². The van der Waals surface area contributed by atoms with Gasteiger partial charge in [-0.25, -0.2) is 0 Å². The molecule has 0 heterocycles. The Kier molecular flexibility index (Phi) is 5.80. The zero-order valence-corrected chi connectivity index (χ0v) is 15.6. The Labute approximate surface area is 155 Å². The van der Waals surface area contributed by atoms with E-state index in [0.29, 0.717) is 6.61 Å². The summed E-state index contributed by atoms with van der Waals surface area (Å²) in [6.45, 7) is 5.44. The van der Waals surface area contributed by atoms with Crippen LogP contribution in [0.5, 0.6) is 11.5 Å². The highest BCUT2D eigenvalue weighted by Crippen LogP contribution is 2.29. The minimum atomic E-state index is 0.525. The minimum absolute atomic E-state index is 0.525. The molecule has 0 aliphatic carbocycles.